The maximum Gasteiger partial charge on any atom is 0.254 e. The highest BCUT2D eigenvalue weighted by atomic mass is 19.1. The number of aliphatic hydroxyl groups is 1. The second-order valence-corrected chi connectivity index (χ2v) is 8.70. The number of amides is 1. The van der Waals surface area contributed by atoms with Crippen LogP contribution >= 0.6 is 0 Å². The number of hydrogen-bond acceptors (Lipinski definition) is 5. The van der Waals surface area contributed by atoms with Crippen LogP contribution in [0.1, 0.15) is 48.5 Å². The Balaban J connectivity index is 1.64. The van der Waals surface area contributed by atoms with Crippen LogP contribution in [0.25, 0.3) is 22.0 Å². The van der Waals surface area contributed by atoms with Crippen molar-refractivity contribution < 1.29 is 23.4 Å². The van der Waals surface area contributed by atoms with E-state index in [4.69, 9.17) is 4.74 Å². The first kappa shape index (κ1) is 24.3. The Labute approximate surface area is 201 Å². The molecule has 0 saturated carbocycles. The number of aromatic amines is 1. The maximum atomic E-state index is 13.8. The zero-order valence-corrected chi connectivity index (χ0v) is 19.8. The SMILES string of the molecule is CC(C)Oc1cc(C(=O)N(C)Cc2cnc(C(C)O)c3cn[nH]c23)ccc1-c1cc(F)cc(F)c1. The van der Waals surface area contributed by atoms with E-state index in [0.717, 1.165) is 11.6 Å². The van der Waals surface area contributed by atoms with E-state index in [1.54, 1.807) is 44.6 Å². The summed E-state index contributed by atoms with van der Waals surface area (Å²) in [6.07, 6.45) is 2.23. The van der Waals surface area contributed by atoms with Crippen LogP contribution < -0.4 is 4.74 Å². The van der Waals surface area contributed by atoms with Crippen LogP contribution in [0.2, 0.25) is 0 Å². The van der Waals surface area contributed by atoms with E-state index in [1.165, 1.54) is 17.0 Å². The van der Waals surface area contributed by atoms with Crippen LogP contribution in [0, 0.1) is 11.6 Å². The van der Waals surface area contributed by atoms with Crippen LogP contribution in [-0.4, -0.2) is 44.2 Å². The zero-order valence-electron chi connectivity index (χ0n) is 19.8. The Hall–Kier alpha value is -3.85. The molecule has 2 aromatic heterocycles. The molecule has 182 valence electrons. The van der Waals surface area contributed by atoms with Gasteiger partial charge >= 0.3 is 0 Å². The molecule has 0 fully saturated rings. The van der Waals surface area contributed by atoms with Crippen molar-refractivity contribution in [2.75, 3.05) is 7.05 Å². The first-order valence-corrected chi connectivity index (χ1v) is 11.2. The van der Waals surface area contributed by atoms with Crippen molar-refractivity contribution in [2.24, 2.45) is 0 Å². The van der Waals surface area contributed by atoms with Crippen LogP contribution in [0.4, 0.5) is 8.78 Å². The first-order chi connectivity index (χ1) is 16.6. The molecule has 0 spiro atoms. The zero-order chi connectivity index (χ0) is 25.3. The summed E-state index contributed by atoms with van der Waals surface area (Å²) in [4.78, 5) is 19.1. The third kappa shape index (κ3) is 5.14. The van der Waals surface area contributed by atoms with E-state index in [-0.39, 0.29) is 18.6 Å². The first-order valence-electron chi connectivity index (χ1n) is 11.2. The highest BCUT2D eigenvalue weighted by Gasteiger charge is 2.20. The molecule has 0 aliphatic rings. The predicted octanol–water partition coefficient (Wildman–Crippen LogP) is 5.02. The Morgan fingerprint density at radius 3 is 2.49 bits per heavy atom. The Morgan fingerprint density at radius 2 is 1.83 bits per heavy atom. The third-order valence-corrected chi connectivity index (χ3v) is 5.51. The average Bonchev–Trinajstić information content (AvgIpc) is 3.27. The molecule has 0 aliphatic heterocycles. The third-order valence-electron chi connectivity index (χ3n) is 5.51. The smallest absolute Gasteiger partial charge is 0.254 e. The van der Waals surface area contributed by atoms with Gasteiger partial charge in [0.2, 0.25) is 0 Å². The van der Waals surface area contributed by atoms with Crippen LogP contribution in [0.15, 0.2) is 48.8 Å². The van der Waals surface area contributed by atoms with Gasteiger partial charge in [0.1, 0.15) is 17.4 Å². The number of hydrogen-bond donors (Lipinski definition) is 2. The molecule has 1 unspecified atom stereocenters. The second kappa shape index (κ2) is 9.79. The highest BCUT2D eigenvalue weighted by Crippen LogP contribution is 2.33. The number of carbonyl (C=O) groups is 1. The standard InChI is InChI=1S/C26H26F2N4O3/c1-14(2)35-23-9-16(5-6-21(23)17-7-19(27)10-20(28)8-17)26(34)32(4)13-18-11-29-24(15(3)33)22-12-30-31-25(18)22/h5-12,14-15,33H,13H2,1-4H3,(H,30,31). The number of benzene rings is 2. The Kier molecular flexibility index (Phi) is 6.79. The van der Waals surface area contributed by atoms with Gasteiger partial charge in [-0.1, -0.05) is 0 Å². The fourth-order valence-corrected chi connectivity index (χ4v) is 3.96. The topological polar surface area (TPSA) is 91.3 Å². The minimum Gasteiger partial charge on any atom is -0.490 e. The number of nitrogens with zero attached hydrogens (tertiary/aromatic N) is 3. The number of pyridine rings is 1. The molecule has 0 bridgehead atoms. The number of aliphatic hydroxyl groups excluding tert-OH is 1. The maximum absolute atomic E-state index is 13.8. The lowest BCUT2D eigenvalue weighted by Crippen LogP contribution is -2.26. The van der Waals surface area contributed by atoms with Gasteiger partial charge in [0.25, 0.3) is 5.91 Å². The number of fused-ring (bicyclic) bond motifs is 1. The van der Waals surface area contributed by atoms with Gasteiger partial charge in [-0.2, -0.15) is 5.10 Å². The van der Waals surface area contributed by atoms with Gasteiger partial charge < -0.3 is 14.7 Å². The molecule has 1 atom stereocenters. The van der Waals surface area contributed by atoms with E-state index >= 15 is 0 Å². The van der Waals surface area contributed by atoms with Crippen molar-refractivity contribution in [1.82, 2.24) is 20.1 Å². The summed E-state index contributed by atoms with van der Waals surface area (Å²) in [5.41, 5.74) is 3.10. The number of rotatable bonds is 7. The molecule has 0 radical (unpaired) electrons. The fourth-order valence-electron chi connectivity index (χ4n) is 3.96. The fraction of sp³-hybridized carbons (Fsp3) is 0.269. The van der Waals surface area contributed by atoms with Crippen molar-refractivity contribution in [3.63, 3.8) is 0 Å². The summed E-state index contributed by atoms with van der Waals surface area (Å²) in [5.74, 6) is -1.32. The number of halogens is 2. The molecule has 1 amide bonds. The Bertz CT molecular complexity index is 1360. The van der Waals surface area contributed by atoms with Gasteiger partial charge in [-0.05, 0) is 56.7 Å². The molecule has 4 aromatic rings. The molecule has 2 N–H and O–H groups in total. The number of aromatic nitrogens is 3. The molecule has 0 aliphatic carbocycles. The van der Waals surface area contributed by atoms with Crippen molar-refractivity contribution in [3.05, 3.63) is 77.2 Å². The van der Waals surface area contributed by atoms with Crippen molar-refractivity contribution in [3.8, 4) is 16.9 Å². The summed E-state index contributed by atoms with van der Waals surface area (Å²) in [7, 11) is 1.66. The van der Waals surface area contributed by atoms with Crippen LogP contribution in [0.3, 0.4) is 0 Å². The molecule has 7 nitrogen and oxygen atoms in total. The average molecular weight is 481 g/mol. The molecule has 0 saturated heterocycles. The molecule has 9 heteroatoms. The van der Waals surface area contributed by atoms with Crippen molar-refractivity contribution >= 4 is 16.8 Å². The van der Waals surface area contributed by atoms with Crippen molar-refractivity contribution in [2.45, 2.75) is 39.5 Å². The lowest BCUT2D eigenvalue weighted by atomic mass is 10.0. The van der Waals surface area contributed by atoms with Crippen LogP contribution in [-0.2, 0) is 6.54 Å². The van der Waals surface area contributed by atoms with Crippen LogP contribution in [0.5, 0.6) is 5.75 Å². The van der Waals surface area contributed by atoms with Gasteiger partial charge in [0, 0.05) is 47.9 Å². The molecular formula is C26H26F2N4O3. The summed E-state index contributed by atoms with van der Waals surface area (Å²) < 4.78 is 33.5. The van der Waals surface area contributed by atoms with E-state index in [9.17, 15) is 18.7 Å². The number of carbonyl (C=O) groups excluding carboxylic acids is 1. The largest absolute Gasteiger partial charge is 0.490 e. The van der Waals surface area contributed by atoms with Gasteiger partial charge in [-0.15, -0.1) is 0 Å². The number of H-pyrrole nitrogens is 1. The van der Waals surface area contributed by atoms with Gasteiger partial charge in [0.05, 0.1) is 29.6 Å². The minimum absolute atomic E-state index is 0.220. The summed E-state index contributed by atoms with van der Waals surface area (Å²) >= 11 is 0. The van der Waals surface area contributed by atoms with E-state index < -0.39 is 17.7 Å². The quantitative estimate of drug-likeness (QED) is 0.388. The summed E-state index contributed by atoms with van der Waals surface area (Å²) in [6.45, 7) is 5.52. The number of ether oxygens (including phenoxy) is 1. The molecule has 2 aromatic carbocycles. The highest BCUT2D eigenvalue weighted by molar-refractivity contribution is 5.96. The monoisotopic (exact) mass is 480 g/mol. The summed E-state index contributed by atoms with van der Waals surface area (Å²) in [5, 5.41) is 17.6. The van der Waals surface area contributed by atoms with Gasteiger partial charge in [0.15, 0.2) is 0 Å². The molecular weight excluding hydrogens is 454 g/mol. The Morgan fingerprint density at radius 1 is 1.11 bits per heavy atom. The predicted molar refractivity (Wildman–Crippen MR) is 128 cm³/mol. The van der Waals surface area contributed by atoms with Crippen molar-refractivity contribution in [1.29, 1.82) is 0 Å². The van der Waals surface area contributed by atoms with Gasteiger partial charge in [-0.25, -0.2) is 8.78 Å². The molecule has 2 heterocycles. The lowest BCUT2D eigenvalue weighted by molar-refractivity contribution is 0.0784. The molecule has 4 rings (SSSR count). The normalized spacial score (nSPS) is 12.2. The van der Waals surface area contributed by atoms with E-state index in [0.29, 0.717) is 39.0 Å². The number of nitrogens with one attached hydrogen (secondary N) is 1. The van der Waals surface area contributed by atoms with E-state index in [2.05, 4.69) is 15.2 Å². The minimum atomic E-state index is -0.757. The second-order valence-electron chi connectivity index (χ2n) is 8.70. The summed E-state index contributed by atoms with van der Waals surface area (Å²) in [6, 6.07) is 8.05. The van der Waals surface area contributed by atoms with Gasteiger partial charge in [-0.3, -0.25) is 14.9 Å². The molecule has 35 heavy (non-hydrogen) atoms. The lowest BCUT2D eigenvalue weighted by Gasteiger charge is -2.20. The van der Waals surface area contributed by atoms with E-state index in [1.807, 2.05) is 13.8 Å².